The van der Waals surface area contributed by atoms with E-state index in [9.17, 15) is 9.90 Å². The number of nitrogens with zero attached hydrogens (tertiary/aromatic N) is 2. The number of para-hydroxylation sites is 1. The molecule has 0 aromatic heterocycles. The first-order chi connectivity index (χ1) is 10.5. The van der Waals surface area contributed by atoms with Crippen LogP contribution in [0.3, 0.4) is 0 Å². The van der Waals surface area contributed by atoms with Crippen molar-refractivity contribution in [2.45, 2.75) is 20.8 Å². The highest BCUT2D eigenvalue weighted by molar-refractivity contribution is 5.98. The van der Waals surface area contributed by atoms with Gasteiger partial charge in [-0.3, -0.25) is 0 Å². The van der Waals surface area contributed by atoms with Gasteiger partial charge in [0.25, 0.3) is 0 Å². The van der Waals surface area contributed by atoms with Crippen LogP contribution in [0.5, 0.6) is 0 Å². The average Bonchev–Trinajstić information content (AvgIpc) is 3.00. The molecule has 0 unspecified atom stereocenters. The van der Waals surface area contributed by atoms with Crippen LogP contribution >= 0.6 is 0 Å². The van der Waals surface area contributed by atoms with E-state index in [1.807, 2.05) is 26.0 Å². The van der Waals surface area contributed by atoms with Gasteiger partial charge in [0.2, 0.25) is 0 Å². The van der Waals surface area contributed by atoms with Crippen molar-refractivity contribution >= 4 is 17.2 Å². The molecule has 2 aliphatic heterocycles. The second kappa shape index (κ2) is 4.13. The van der Waals surface area contributed by atoms with Gasteiger partial charge in [0.1, 0.15) is 0 Å². The van der Waals surface area contributed by atoms with E-state index in [0.29, 0.717) is 5.57 Å². The van der Waals surface area contributed by atoms with E-state index in [1.165, 1.54) is 0 Å². The van der Waals surface area contributed by atoms with E-state index in [1.54, 1.807) is 0 Å². The van der Waals surface area contributed by atoms with Crippen LogP contribution in [0.15, 0.2) is 39.9 Å². The van der Waals surface area contributed by atoms with E-state index in [4.69, 9.17) is 4.99 Å². The topological polar surface area (TPSA) is 62.0 Å². The van der Waals surface area contributed by atoms with Crippen LogP contribution in [0, 0.1) is 13.8 Å². The van der Waals surface area contributed by atoms with Crippen LogP contribution in [0.1, 0.15) is 23.6 Å². The zero-order valence-electron chi connectivity index (χ0n) is 12.6. The number of carboxylic acid groups (broad SMARTS) is 1. The monoisotopic (exact) mass is 290 g/mol. The van der Waals surface area contributed by atoms with E-state index in [-0.39, 0.29) is 5.70 Å². The zero-order chi connectivity index (χ0) is 15.6. The van der Waals surface area contributed by atoms with Gasteiger partial charge in [-0.1, -0.05) is 18.2 Å². The highest BCUT2D eigenvalue weighted by Gasteiger charge is 2.25. The third-order valence-electron chi connectivity index (χ3n) is 4.44. The smallest absolute Gasteiger partial charge is 0.354 e. The van der Waals surface area contributed by atoms with Gasteiger partial charge in [-0.15, -0.1) is 0 Å². The van der Waals surface area contributed by atoms with Crippen LogP contribution in [-0.2, 0) is 4.79 Å². The summed E-state index contributed by atoms with van der Waals surface area (Å²) in [7, 11) is 0. The third kappa shape index (κ3) is 1.49. The molecule has 0 amide bonds. The fraction of sp³-hybridized carbons (Fsp3) is 0.167. The van der Waals surface area contributed by atoms with Crippen molar-refractivity contribution in [1.82, 2.24) is 0 Å². The molecular formula is C18H14N2O2. The molecule has 4 nitrogen and oxygen atoms in total. The molecule has 0 fully saturated rings. The summed E-state index contributed by atoms with van der Waals surface area (Å²) in [6, 6.07) is 8.09. The van der Waals surface area contributed by atoms with Crippen molar-refractivity contribution in [3.8, 4) is 11.1 Å². The lowest BCUT2D eigenvalue weighted by Crippen LogP contribution is -2.18. The summed E-state index contributed by atoms with van der Waals surface area (Å²) in [5.41, 5.74) is 7.03. The first kappa shape index (κ1) is 13.0. The first-order valence-corrected chi connectivity index (χ1v) is 7.14. The second-order valence-electron chi connectivity index (χ2n) is 5.77. The number of hydrogen-bond acceptors (Lipinski definition) is 3. The Bertz CT molecular complexity index is 1030. The third-order valence-corrected chi connectivity index (χ3v) is 4.44. The largest absolute Gasteiger partial charge is 0.477 e. The van der Waals surface area contributed by atoms with E-state index in [0.717, 1.165) is 44.2 Å². The molecule has 22 heavy (non-hydrogen) atoms. The predicted octanol–water partition coefficient (Wildman–Crippen LogP) is 2.68. The molecule has 2 heterocycles. The van der Waals surface area contributed by atoms with Gasteiger partial charge in [0.15, 0.2) is 5.70 Å². The van der Waals surface area contributed by atoms with Crippen molar-refractivity contribution in [2.75, 3.05) is 0 Å². The highest BCUT2D eigenvalue weighted by Crippen LogP contribution is 2.36. The minimum atomic E-state index is -0.985. The standard InChI is InChI=1S/C18H14N2O2/c1-8-5-4-6-11-12-7-13-14(9(2)16(12)20-15(8)11)10(3)17(19-13)18(21)22/h4-7H,1-3H3,(H,21,22). The lowest BCUT2D eigenvalue weighted by atomic mass is 9.95. The number of carboxylic acids is 1. The lowest BCUT2D eigenvalue weighted by Gasteiger charge is -2.05. The molecule has 108 valence electrons. The Morgan fingerprint density at radius 2 is 1.86 bits per heavy atom. The SMILES string of the molecule is CC1=C(C(=O)O)N=c2cc3c(c(C)c21)=Nc1c(C)cccc1-3. The summed E-state index contributed by atoms with van der Waals surface area (Å²) in [5.74, 6) is -0.985. The van der Waals surface area contributed by atoms with Gasteiger partial charge in [0, 0.05) is 16.7 Å². The molecule has 0 radical (unpaired) electrons. The number of allylic oxidation sites excluding steroid dienone is 1. The van der Waals surface area contributed by atoms with Gasteiger partial charge in [0.05, 0.1) is 16.4 Å². The molecule has 2 aromatic rings. The maximum atomic E-state index is 11.3. The number of rotatable bonds is 1. The average molecular weight is 290 g/mol. The molecule has 0 saturated heterocycles. The number of fused-ring (bicyclic) bond motifs is 4. The Labute approximate surface area is 127 Å². The highest BCUT2D eigenvalue weighted by atomic mass is 16.4. The van der Waals surface area contributed by atoms with Crippen molar-refractivity contribution in [2.24, 2.45) is 9.98 Å². The molecule has 0 spiro atoms. The van der Waals surface area contributed by atoms with Crippen molar-refractivity contribution < 1.29 is 9.90 Å². The minimum Gasteiger partial charge on any atom is -0.477 e. The fourth-order valence-electron chi connectivity index (χ4n) is 3.37. The van der Waals surface area contributed by atoms with Gasteiger partial charge in [-0.05, 0) is 43.5 Å². The van der Waals surface area contributed by atoms with E-state index >= 15 is 0 Å². The predicted molar refractivity (Wildman–Crippen MR) is 83.6 cm³/mol. The van der Waals surface area contributed by atoms with E-state index in [2.05, 4.69) is 24.0 Å². The van der Waals surface area contributed by atoms with Gasteiger partial charge in [-0.2, -0.15) is 0 Å². The van der Waals surface area contributed by atoms with Crippen molar-refractivity contribution in [1.29, 1.82) is 0 Å². The van der Waals surface area contributed by atoms with Crippen LogP contribution in [0.25, 0.3) is 16.7 Å². The maximum Gasteiger partial charge on any atom is 0.354 e. The summed E-state index contributed by atoms with van der Waals surface area (Å²) in [5, 5.41) is 10.9. The molecule has 2 aliphatic rings. The second-order valence-corrected chi connectivity index (χ2v) is 5.77. The molecule has 2 aromatic carbocycles. The molecule has 0 saturated carbocycles. The molecule has 4 rings (SSSR count). The van der Waals surface area contributed by atoms with Gasteiger partial charge in [-0.25, -0.2) is 14.8 Å². The molecule has 0 aliphatic carbocycles. The Morgan fingerprint density at radius 1 is 1.09 bits per heavy atom. The van der Waals surface area contributed by atoms with Crippen molar-refractivity contribution in [3.63, 3.8) is 0 Å². The quantitative estimate of drug-likeness (QED) is 0.749. The van der Waals surface area contributed by atoms with Gasteiger partial charge < -0.3 is 5.11 Å². The Hall–Kier alpha value is -2.75. The zero-order valence-corrected chi connectivity index (χ0v) is 12.6. The van der Waals surface area contributed by atoms with Crippen molar-refractivity contribution in [3.05, 3.63) is 57.4 Å². The number of aliphatic carboxylic acids is 1. The lowest BCUT2D eigenvalue weighted by molar-refractivity contribution is -0.132. The molecule has 0 bridgehead atoms. The maximum absolute atomic E-state index is 11.3. The number of aryl methyl sites for hydroxylation is 1. The molecular weight excluding hydrogens is 276 g/mol. The molecule has 1 N–H and O–H groups in total. The van der Waals surface area contributed by atoms with Crippen LogP contribution in [0.2, 0.25) is 0 Å². The first-order valence-electron chi connectivity index (χ1n) is 7.14. The summed E-state index contributed by atoms with van der Waals surface area (Å²) in [6.45, 7) is 5.85. The number of hydrogen-bond donors (Lipinski definition) is 1. The van der Waals surface area contributed by atoms with Gasteiger partial charge >= 0.3 is 5.97 Å². The summed E-state index contributed by atoms with van der Waals surface area (Å²) in [4.78, 5) is 20.4. The minimum absolute atomic E-state index is 0.131. The Morgan fingerprint density at radius 3 is 2.59 bits per heavy atom. The normalized spacial score (nSPS) is 14.1. The van der Waals surface area contributed by atoms with Crippen LogP contribution in [-0.4, -0.2) is 11.1 Å². The molecule has 0 atom stereocenters. The van der Waals surface area contributed by atoms with Crippen LogP contribution in [0.4, 0.5) is 5.69 Å². The Balaban J connectivity index is 2.10. The number of benzene rings is 2. The number of carbonyl (C=O) groups is 1. The summed E-state index contributed by atoms with van der Waals surface area (Å²) < 4.78 is 0. The fourth-order valence-corrected chi connectivity index (χ4v) is 3.37. The molecule has 4 heteroatoms. The Kier molecular flexibility index (Phi) is 2.43. The summed E-state index contributed by atoms with van der Waals surface area (Å²) in [6.07, 6.45) is 0. The van der Waals surface area contributed by atoms with E-state index < -0.39 is 5.97 Å². The summed E-state index contributed by atoms with van der Waals surface area (Å²) >= 11 is 0. The van der Waals surface area contributed by atoms with Crippen LogP contribution < -0.4 is 10.7 Å².